The summed E-state index contributed by atoms with van der Waals surface area (Å²) >= 11 is 0. The maximum atomic E-state index is 11.6. The minimum atomic E-state index is -0.0570. The Kier molecular flexibility index (Phi) is 5.09. The SMILES string of the molecule is COC(=O)C1CCCCN1CCC(C)C. The topological polar surface area (TPSA) is 29.5 Å². The Morgan fingerprint density at radius 1 is 1.47 bits per heavy atom. The van der Waals surface area contributed by atoms with Crippen molar-refractivity contribution in [1.29, 1.82) is 0 Å². The molecule has 0 aromatic carbocycles. The third-order valence-corrected chi connectivity index (χ3v) is 3.08. The number of hydrogen-bond acceptors (Lipinski definition) is 3. The molecule has 0 spiro atoms. The number of ether oxygens (including phenoxy) is 1. The molecule has 3 nitrogen and oxygen atoms in total. The van der Waals surface area contributed by atoms with Gasteiger partial charge in [-0.1, -0.05) is 20.3 Å². The molecule has 0 amide bonds. The van der Waals surface area contributed by atoms with E-state index in [0.717, 1.165) is 32.4 Å². The van der Waals surface area contributed by atoms with E-state index in [9.17, 15) is 4.79 Å². The quantitative estimate of drug-likeness (QED) is 0.669. The van der Waals surface area contributed by atoms with Crippen molar-refractivity contribution in [1.82, 2.24) is 4.90 Å². The predicted molar refractivity (Wildman–Crippen MR) is 60.7 cm³/mol. The summed E-state index contributed by atoms with van der Waals surface area (Å²) in [5, 5.41) is 0. The van der Waals surface area contributed by atoms with Crippen LogP contribution >= 0.6 is 0 Å². The van der Waals surface area contributed by atoms with Crippen molar-refractivity contribution in [2.75, 3.05) is 20.2 Å². The highest BCUT2D eigenvalue weighted by Gasteiger charge is 2.28. The first kappa shape index (κ1) is 12.5. The first-order valence-corrected chi connectivity index (χ1v) is 5.97. The molecule has 3 heteroatoms. The Morgan fingerprint density at radius 2 is 2.20 bits per heavy atom. The van der Waals surface area contributed by atoms with Crippen LogP contribution in [-0.4, -0.2) is 37.1 Å². The van der Waals surface area contributed by atoms with Gasteiger partial charge in [0.25, 0.3) is 0 Å². The zero-order valence-electron chi connectivity index (χ0n) is 10.2. The number of carbonyl (C=O) groups excluding carboxylic acids is 1. The van der Waals surface area contributed by atoms with Gasteiger partial charge in [-0.15, -0.1) is 0 Å². The summed E-state index contributed by atoms with van der Waals surface area (Å²) in [5.74, 6) is 0.642. The monoisotopic (exact) mass is 213 g/mol. The normalized spacial score (nSPS) is 23.1. The molecule has 0 saturated carbocycles. The summed E-state index contributed by atoms with van der Waals surface area (Å²) in [6, 6.07) is 0.0162. The highest BCUT2D eigenvalue weighted by molar-refractivity contribution is 5.75. The van der Waals surface area contributed by atoms with Gasteiger partial charge in [0.2, 0.25) is 0 Å². The third-order valence-electron chi connectivity index (χ3n) is 3.08. The number of methoxy groups -OCH3 is 1. The van der Waals surface area contributed by atoms with Crippen molar-refractivity contribution in [2.45, 2.75) is 45.6 Å². The molecule has 1 saturated heterocycles. The predicted octanol–water partition coefficient (Wildman–Crippen LogP) is 2.06. The fraction of sp³-hybridized carbons (Fsp3) is 0.917. The Labute approximate surface area is 92.8 Å². The first-order chi connectivity index (χ1) is 7.15. The molecule has 0 bridgehead atoms. The molecule has 15 heavy (non-hydrogen) atoms. The second kappa shape index (κ2) is 6.11. The van der Waals surface area contributed by atoms with Crippen LogP contribution in [-0.2, 0) is 9.53 Å². The van der Waals surface area contributed by atoms with Crippen molar-refractivity contribution >= 4 is 5.97 Å². The summed E-state index contributed by atoms with van der Waals surface area (Å²) in [6.45, 7) is 6.51. The van der Waals surface area contributed by atoms with Gasteiger partial charge in [0, 0.05) is 0 Å². The van der Waals surface area contributed by atoms with E-state index in [0.29, 0.717) is 5.92 Å². The number of carbonyl (C=O) groups is 1. The lowest BCUT2D eigenvalue weighted by atomic mass is 10.0. The molecule has 88 valence electrons. The molecule has 0 radical (unpaired) electrons. The van der Waals surface area contributed by atoms with Crippen LogP contribution in [0, 0.1) is 5.92 Å². The van der Waals surface area contributed by atoms with Crippen LogP contribution in [0.2, 0.25) is 0 Å². The second-order valence-corrected chi connectivity index (χ2v) is 4.75. The van der Waals surface area contributed by atoms with Crippen molar-refractivity contribution in [3.63, 3.8) is 0 Å². The van der Waals surface area contributed by atoms with Gasteiger partial charge in [-0.2, -0.15) is 0 Å². The van der Waals surface area contributed by atoms with Crippen LogP contribution < -0.4 is 0 Å². The largest absolute Gasteiger partial charge is 0.468 e. The standard InChI is InChI=1S/C12H23NO2/c1-10(2)7-9-13-8-5-4-6-11(13)12(14)15-3/h10-11H,4-9H2,1-3H3. The minimum absolute atomic E-state index is 0.0162. The lowest BCUT2D eigenvalue weighted by molar-refractivity contribution is -0.148. The molecular formula is C12H23NO2. The molecule has 1 unspecified atom stereocenters. The summed E-state index contributed by atoms with van der Waals surface area (Å²) in [5.41, 5.74) is 0. The average Bonchev–Trinajstić information content (AvgIpc) is 2.25. The molecule has 1 aliphatic rings. The van der Waals surface area contributed by atoms with Gasteiger partial charge in [0.05, 0.1) is 7.11 Å². The van der Waals surface area contributed by atoms with Crippen molar-refractivity contribution in [3.05, 3.63) is 0 Å². The average molecular weight is 213 g/mol. The highest BCUT2D eigenvalue weighted by atomic mass is 16.5. The maximum Gasteiger partial charge on any atom is 0.323 e. The van der Waals surface area contributed by atoms with Crippen LogP contribution in [0.1, 0.15) is 39.5 Å². The molecule has 0 aliphatic carbocycles. The van der Waals surface area contributed by atoms with E-state index in [-0.39, 0.29) is 12.0 Å². The van der Waals surface area contributed by atoms with Gasteiger partial charge in [0.1, 0.15) is 6.04 Å². The molecule has 1 atom stereocenters. The zero-order chi connectivity index (χ0) is 11.3. The Morgan fingerprint density at radius 3 is 2.80 bits per heavy atom. The van der Waals surface area contributed by atoms with E-state index in [1.54, 1.807) is 0 Å². The van der Waals surface area contributed by atoms with E-state index < -0.39 is 0 Å². The maximum absolute atomic E-state index is 11.6. The van der Waals surface area contributed by atoms with Gasteiger partial charge in [-0.05, 0) is 38.3 Å². The summed E-state index contributed by atoms with van der Waals surface area (Å²) in [7, 11) is 1.48. The minimum Gasteiger partial charge on any atom is -0.468 e. The van der Waals surface area contributed by atoms with Gasteiger partial charge >= 0.3 is 5.97 Å². The van der Waals surface area contributed by atoms with Crippen LogP contribution in [0.5, 0.6) is 0 Å². The van der Waals surface area contributed by atoms with Crippen LogP contribution in [0.25, 0.3) is 0 Å². The van der Waals surface area contributed by atoms with E-state index in [1.165, 1.54) is 13.5 Å². The van der Waals surface area contributed by atoms with Gasteiger partial charge in [-0.25, -0.2) is 0 Å². The molecule has 0 aromatic rings. The van der Waals surface area contributed by atoms with Crippen molar-refractivity contribution < 1.29 is 9.53 Å². The summed E-state index contributed by atoms with van der Waals surface area (Å²) in [4.78, 5) is 13.8. The fourth-order valence-corrected chi connectivity index (χ4v) is 2.09. The number of hydrogen-bond donors (Lipinski definition) is 0. The number of nitrogens with zero attached hydrogens (tertiary/aromatic N) is 1. The fourth-order valence-electron chi connectivity index (χ4n) is 2.09. The van der Waals surface area contributed by atoms with Crippen LogP contribution in [0.3, 0.4) is 0 Å². The summed E-state index contributed by atoms with van der Waals surface area (Å²) < 4.78 is 4.85. The molecule has 1 fully saturated rings. The molecule has 1 heterocycles. The zero-order valence-corrected chi connectivity index (χ0v) is 10.2. The number of esters is 1. The Bertz CT molecular complexity index is 204. The summed E-state index contributed by atoms with van der Waals surface area (Å²) in [6.07, 6.45) is 4.49. The van der Waals surface area contributed by atoms with E-state index in [4.69, 9.17) is 4.74 Å². The molecule has 0 aromatic heterocycles. The lowest BCUT2D eigenvalue weighted by Gasteiger charge is -2.34. The van der Waals surface area contributed by atoms with E-state index in [1.807, 2.05) is 0 Å². The van der Waals surface area contributed by atoms with Crippen LogP contribution in [0.4, 0.5) is 0 Å². The van der Waals surface area contributed by atoms with Gasteiger partial charge in [-0.3, -0.25) is 9.69 Å². The van der Waals surface area contributed by atoms with Gasteiger partial charge < -0.3 is 4.74 Å². The number of rotatable bonds is 4. The Balaban J connectivity index is 2.46. The van der Waals surface area contributed by atoms with E-state index >= 15 is 0 Å². The molecule has 1 aliphatic heterocycles. The molecule has 1 rings (SSSR count). The second-order valence-electron chi connectivity index (χ2n) is 4.75. The van der Waals surface area contributed by atoms with Crippen LogP contribution in [0.15, 0.2) is 0 Å². The highest BCUT2D eigenvalue weighted by Crippen LogP contribution is 2.19. The lowest BCUT2D eigenvalue weighted by Crippen LogP contribution is -2.45. The van der Waals surface area contributed by atoms with Crippen molar-refractivity contribution in [2.24, 2.45) is 5.92 Å². The van der Waals surface area contributed by atoms with E-state index in [2.05, 4.69) is 18.7 Å². The smallest absolute Gasteiger partial charge is 0.323 e. The van der Waals surface area contributed by atoms with Crippen molar-refractivity contribution in [3.8, 4) is 0 Å². The van der Waals surface area contributed by atoms with Gasteiger partial charge in [0.15, 0.2) is 0 Å². The number of piperidine rings is 1. The third kappa shape index (κ3) is 3.82. The first-order valence-electron chi connectivity index (χ1n) is 5.97. The molecule has 0 N–H and O–H groups in total. The molecular weight excluding hydrogens is 190 g/mol. The number of likely N-dealkylation sites (tertiary alicyclic amines) is 1. The Hall–Kier alpha value is -0.570.